The lowest BCUT2D eigenvalue weighted by atomic mass is 10.1. The molecule has 2 rings (SSSR count). The van der Waals surface area contributed by atoms with Gasteiger partial charge in [-0.25, -0.2) is 0 Å². The van der Waals surface area contributed by atoms with E-state index in [1.165, 1.54) is 5.56 Å². The zero-order valence-corrected chi connectivity index (χ0v) is 13.2. The Labute approximate surface area is 127 Å². The number of aromatic nitrogens is 2. The van der Waals surface area contributed by atoms with E-state index in [0.29, 0.717) is 12.6 Å². The van der Waals surface area contributed by atoms with Gasteiger partial charge in [0.05, 0.1) is 6.20 Å². The summed E-state index contributed by atoms with van der Waals surface area (Å²) in [4.78, 5) is 0. The van der Waals surface area contributed by atoms with Crippen molar-refractivity contribution in [1.82, 2.24) is 15.1 Å². The summed E-state index contributed by atoms with van der Waals surface area (Å²) in [6.07, 6.45) is 5.02. The molecular weight excluding hydrogens is 262 g/mol. The molecule has 114 valence electrons. The molecular formula is C17H25N3O. The molecule has 0 saturated heterocycles. The van der Waals surface area contributed by atoms with E-state index >= 15 is 0 Å². The number of benzene rings is 1. The highest BCUT2D eigenvalue weighted by Crippen LogP contribution is 2.18. The fourth-order valence-electron chi connectivity index (χ4n) is 2.15. The van der Waals surface area contributed by atoms with Crippen LogP contribution in [0.15, 0.2) is 36.7 Å². The molecule has 0 radical (unpaired) electrons. The quantitative estimate of drug-likeness (QED) is 0.807. The smallest absolute Gasteiger partial charge is 0.119 e. The van der Waals surface area contributed by atoms with Crippen LogP contribution in [0.3, 0.4) is 0 Å². The standard InChI is InChI=1S/C17H25N3O/c1-4-10-18-14(3)16-6-8-17(9-7-16)21-13-15-11-19-20(5-2)12-15/h6-9,11-12,14,18H,4-5,10,13H2,1-3H3. The lowest BCUT2D eigenvalue weighted by molar-refractivity contribution is 0.306. The van der Waals surface area contributed by atoms with Gasteiger partial charge in [0.1, 0.15) is 12.4 Å². The van der Waals surface area contributed by atoms with Crippen LogP contribution >= 0.6 is 0 Å². The minimum absolute atomic E-state index is 0.377. The Morgan fingerprint density at radius 1 is 1.24 bits per heavy atom. The average molecular weight is 287 g/mol. The van der Waals surface area contributed by atoms with E-state index in [0.717, 1.165) is 30.8 Å². The van der Waals surface area contributed by atoms with Gasteiger partial charge in [-0.3, -0.25) is 4.68 Å². The maximum Gasteiger partial charge on any atom is 0.119 e. The minimum Gasteiger partial charge on any atom is -0.489 e. The molecule has 0 aliphatic heterocycles. The Balaban J connectivity index is 1.87. The van der Waals surface area contributed by atoms with Crippen LogP contribution in [-0.2, 0) is 13.2 Å². The number of nitrogens with zero attached hydrogens (tertiary/aromatic N) is 2. The van der Waals surface area contributed by atoms with Crippen LogP contribution in [0.25, 0.3) is 0 Å². The second-order valence-corrected chi connectivity index (χ2v) is 5.24. The van der Waals surface area contributed by atoms with Crippen LogP contribution in [0.1, 0.15) is 44.4 Å². The van der Waals surface area contributed by atoms with Crippen molar-refractivity contribution >= 4 is 0 Å². The summed E-state index contributed by atoms with van der Waals surface area (Å²) in [5.74, 6) is 0.894. The second kappa shape index (κ2) is 7.84. The Kier molecular flexibility index (Phi) is 5.81. The van der Waals surface area contributed by atoms with Crippen molar-refractivity contribution in [2.75, 3.05) is 6.54 Å². The van der Waals surface area contributed by atoms with Crippen LogP contribution < -0.4 is 10.1 Å². The van der Waals surface area contributed by atoms with Crippen LogP contribution in [-0.4, -0.2) is 16.3 Å². The van der Waals surface area contributed by atoms with Crippen molar-refractivity contribution in [3.63, 3.8) is 0 Å². The Morgan fingerprint density at radius 2 is 2.00 bits per heavy atom. The van der Waals surface area contributed by atoms with E-state index in [4.69, 9.17) is 4.74 Å². The number of nitrogens with one attached hydrogen (secondary N) is 1. The lowest BCUT2D eigenvalue weighted by Gasteiger charge is -2.14. The van der Waals surface area contributed by atoms with Crippen molar-refractivity contribution in [3.8, 4) is 5.75 Å². The lowest BCUT2D eigenvalue weighted by Crippen LogP contribution is -2.19. The summed E-state index contributed by atoms with van der Waals surface area (Å²) in [6, 6.07) is 8.69. The normalized spacial score (nSPS) is 12.3. The SMILES string of the molecule is CCCNC(C)c1ccc(OCc2cnn(CC)c2)cc1. The number of ether oxygens (including phenoxy) is 1. The van der Waals surface area contributed by atoms with Gasteiger partial charge in [0.25, 0.3) is 0 Å². The zero-order chi connectivity index (χ0) is 15.1. The molecule has 0 spiro atoms. The van der Waals surface area contributed by atoms with Gasteiger partial charge in [0, 0.05) is 24.3 Å². The molecule has 1 aromatic heterocycles. The molecule has 1 atom stereocenters. The highest BCUT2D eigenvalue weighted by molar-refractivity contribution is 5.29. The minimum atomic E-state index is 0.377. The highest BCUT2D eigenvalue weighted by atomic mass is 16.5. The molecule has 1 N–H and O–H groups in total. The van der Waals surface area contributed by atoms with Gasteiger partial charge in [0.2, 0.25) is 0 Å². The third kappa shape index (κ3) is 4.60. The molecule has 4 nitrogen and oxygen atoms in total. The summed E-state index contributed by atoms with van der Waals surface area (Å²) in [6.45, 7) is 8.92. The number of hydrogen-bond donors (Lipinski definition) is 1. The summed E-state index contributed by atoms with van der Waals surface area (Å²) in [5.41, 5.74) is 2.38. The van der Waals surface area contributed by atoms with E-state index < -0.39 is 0 Å². The number of hydrogen-bond acceptors (Lipinski definition) is 3. The summed E-state index contributed by atoms with van der Waals surface area (Å²) >= 11 is 0. The molecule has 1 aromatic carbocycles. The Hall–Kier alpha value is -1.81. The van der Waals surface area contributed by atoms with Gasteiger partial charge < -0.3 is 10.1 Å². The first kappa shape index (κ1) is 15.6. The highest BCUT2D eigenvalue weighted by Gasteiger charge is 2.04. The second-order valence-electron chi connectivity index (χ2n) is 5.24. The monoisotopic (exact) mass is 287 g/mol. The van der Waals surface area contributed by atoms with Gasteiger partial charge in [-0.2, -0.15) is 5.10 Å². The molecule has 21 heavy (non-hydrogen) atoms. The van der Waals surface area contributed by atoms with Crippen molar-refractivity contribution in [1.29, 1.82) is 0 Å². The predicted octanol–water partition coefficient (Wildman–Crippen LogP) is 3.54. The first-order chi connectivity index (χ1) is 10.2. The molecule has 0 aliphatic carbocycles. The largest absolute Gasteiger partial charge is 0.489 e. The third-order valence-electron chi connectivity index (χ3n) is 3.50. The van der Waals surface area contributed by atoms with E-state index in [-0.39, 0.29) is 0 Å². The van der Waals surface area contributed by atoms with Crippen LogP contribution in [0.5, 0.6) is 5.75 Å². The van der Waals surface area contributed by atoms with Gasteiger partial charge in [-0.05, 0) is 44.5 Å². The molecule has 0 aliphatic rings. The van der Waals surface area contributed by atoms with E-state index in [9.17, 15) is 0 Å². The molecule has 1 heterocycles. The van der Waals surface area contributed by atoms with Gasteiger partial charge >= 0.3 is 0 Å². The predicted molar refractivity (Wildman–Crippen MR) is 85.4 cm³/mol. The molecule has 0 saturated carbocycles. The van der Waals surface area contributed by atoms with Crippen LogP contribution in [0, 0.1) is 0 Å². The maximum absolute atomic E-state index is 5.79. The molecule has 0 bridgehead atoms. The van der Waals surface area contributed by atoms with Gasteiger partial charge in [-0.15, -0.1) is 0 Å². The number of aryl methyl sites for hydroxylation is 1. The molecule has 1 unspecified atom stereocenters. The van der Waals surface area contributed by atoms with E-state index in [1.54, 1.807) is 0 Å². The first-order valence-corrected chi connectivity index (χ1v) is 7.70. The van der Waals surface area contributed by atoms with Gasteiger partial charge in [0.15, 0.2) is 0 Å². The van der Waals surface area contributed by atoms with Crippen LogP contribution in [0.2, 0.25) is 0 Å². The fourth-order valence-corrected chi connectivity index (χ4v) is 2.15. The number of rotatable bonds is 8. The van der Waals surface area contributed by atoms with Crippen molar-refractivity contribution in [2.24, 2.45) is 0 Å². The van der Waals surface area contributed by atoms with Crippen molar-refractivity contribution < 1.29 is 4.74 Å². The average Bonchev–Trinajstić information content (AvgIpc) is 2.99. The molecule has 0 amide bonds. The van der Waals surface area contributed by atoms with E-state index in [1.807, 2.05) is 29.2 Å². The summed E-state index contributed by atoms with van der Waals surface area (Å²) < 4.78 is 7.70. The maximum atomic E-state index is 5.79. The van der Waals surface area contributed by atoms with E-state index in [2.05, 4.69) is 43.3 Å². The van der Waals surface area contributed by atoms with Crippen molar-refractivity contribution in [3.05, 3.63) is 47.8 Å². The Morgan fingerprint density at radius 3 is 2.62 bits per heavy atom. The summed E-state index contributed by atoms with van der Waals surface area (Å²) in [7, 11) is 0. The van der Waals surface area contributed by atoms with Crippen molar-refractivity contribution in [2.45, 2.75) is 46.4 Å². The summed E-state index contributed by atoms with van der Waals surface area (Å²) in [5, 5.41) is 7.72. The van der Waals surface area contributed by atoms with Gasteiger partial charge in [-0.1, -0.05) is 19.1 Å². The zero-order valence-electron chi connectivity index (χ0n) is 13.2. The Bertz CT molecular complexity index is 533. The molecule has 0 fully saturated rings. The third-order valence-corrected chi connectivity index (χ3v) is 3.50. The molecule has 2 aromatic rings. The topological polar surface area (TPSA) is 39.1 Å². The molecule has 4 heteroatoms. The fraction of sp³-hybridized carbons (Fsp3) is 0.471. The van der Waals surface area contributed by atoms with Crippen LogP contribution in [0.4, 0.5) is 0 Å². The first-order valence-electron chi connectivity index (χ1n) is 7.70.